The first-order valence-electron chi connectivity index (χ1n) is 10.3. The minimum Gasteiger partial charge on any atom is -0.493 e. The fourth-order valence-corrected chi connectivity index (χ4v) is 5.16. The van der Waals surface area contributed by atoms with Crippen LogP contribution >= 0.6 is 0 Å². The van der Waals surface area contributed by atoms with E-state index < -0.39 is 5.97 Å². The van der Waals surface area contributed by atoms with Crippen LogP contribution in [0.5, 0.6) is 11.5 Å². The zero-order valence-electron chi connectivity index (χ0n) is 18.4. The maximum atomic E-state index is 12.7. The summed E-state index contributed by atoms with van der Waals surface area (Å²) in [6.07, 6.45) is 3.08. The fourth-order valence-electron chi connectivity index (χ4n) is 5.16. The van der Waals surface area contributed by atoms with Crippen molar-refractivity contribution in [2.45, 2.75) is 53.0 Å². The lowest BCUT2D eigenvalue weighted by atomic mass is 9.65. The van der Waals surface area contributed by atoms with E-state index in [4.69, 9.17) is 14.2 Å². The van der Waals surface area contributed by atoms with Crippen LogP contribution in [0, 0.1) is 10.8 Å². The van der Waals surface area contributed by atoms with Crippen molar-refractivity contribution in [3.8, 4) is 11.5 Å². The van der Waals surface area contributed by atoms with Crippen LogP contribution in [0.25, 0.3) is 0 Å². The summed E-state index contributed by atoms with van der Waals surface area (Å²) in [4.78, 5) is 38.1. The monoisotopic (exact) mass is 417 g/mol. The smallest absolute Gasteiger partial charge is 0.344 e. The van der Waals surface area contributed by atoms with Gasteiger partial charge in [-0.25, -0.2) is 4.79 Å². The third kappa shape index (κ3) is 4.94. The van der Waals surface area contributed by atoms with Gasteiger partial charge in [-0.05, 0) is 55.2 Å². The topological polar surface area (TPSA) is 82.1 Å². The molecule has 1 saturated heterocycles. The molecule has 1 amide bonds. The molecular formula is C23H31NO6. The van der Waals surface area contributed by atoms with Crippen LogP contribution in [-0.4, -0.2) is 55.5 Å². The summed E-state index contributed by atoms with van der Waals surface area (Å²) in [5.41, 5.74) is 0.839. The van der Waals surface area contributed by atoms with Gasteiger partial charge < -0.3 is 19.1 Å². The number of hydrogen-bond acceptors (Lipinski definition) is 6. The molecule has 30 heavy (non-hydrogen) atoms. The largest absolute Gasteiger partial charge is 0.493 e. The number of esters is 1. The van der Waals surface area contributed by atoms with Gasteiger partial charge in [-0.3, -0.25) is 9.59 Å². The molecule has 2 fully saturated rings. The first kappa shape index (κ1) is 22.1. The van der Waals surface area contributed by atoms with E-state index in [0.717, 1.165) is 19.3 Å². The number of hydrogen-bond donors (Lipinski definition) is 0. The molecular weight excluding hydrogens is 386 g/mol. The number of methoxy groups -OCH3 is 1. The zero-order chi connectivity index (χ0) is 22.1. The van der Waals surface area contributed by atoms with E-state index in [1.807, 2.05) is 4.90 Å². The SMILES string of the molecule is COc1cc(C(C)=O)ccc1OCC(=O)OCC(=O)N1CC2(C)CC1CC(C)(C)C2. The van der Waals surface area contributed by atoms with E-state index in [-0.39, 0.29) is 41.8 Å². The second-order valence-corrected chi connectivity index (χ2v) is 9.61. The third-order valence-corrected chi connectivity index (χ3v) is 6.01. The van der Waals surface area contributed by atoms with Crippen LogP contribution in [-0.2, 0) is 14.3 Å². The average Bonchev–Trinajstić information content (AvgIpc) is 2.92. The van der Waals surface area contributed by atoms with Gasteiger partial charge in [-0.1, -0.05) is 20.8 Å². The number of carbonyl (C=O) groups is 3. The second kappa shape index (κ2) is 8.28. The number of amides is 1. The first-order valence-corrected chi connectivity index (χ1v) is 10.3. The summed E-state index contributed by atoms with van der Waals surface area (Å²) in [5, 5.41) is 0. The van der Waals surface area contributed by atoms with Gasteiger partial charge in [-0.2, -0.15) is 0 Å². The Morgan fingerprint density at radius 2 is 1.83 bits per heavy atom. The van der Waals surface area contributed by atoms with Crippen LogP contribution in [0.3, 0.4) is 0 Å². The van der Waals surface area contributed by atoms with E-state index >= 15 is 0 Å². The van der Waals surface area contributed by atoms with E-state index in [0.29, 0.717) is 23.6 Å². The summed E-state index contributed by atoms with van der Waals surface area (Å²) in [6.45, 7) is 8.28. The second-order valence-electron chi connectivity index (χ2n) is 9.61. The number of benzene rings is 1. The molecule has 0 N–H and O–H groups in total. The van der Waals surface area contributed by atoms with Crippen molar-refractivity contribution in [2.24, 2.45) is 10.8 Å². The molecule has 0 radical (unpaired) electrons. The molecule has 2 aliphatic rings. The lowest BCUT2D eigenvalue weighted by Crippen LogP contribution is -2.40. The first-order chi connectivity index (χ1) is 14.0. The Balaban J connectivity index is 1.51. The van der Waals surface area contributed by atoms with Crippen LogP contribution in [0.15, 0.2) is 18.2 Å². The summed E-state index contributed by atoms with van der Waals surface area (Å²) in [7, 11) is 1.46. The Bertz CT molecular complexity index is 848. The maximum Gasteiger partial charge on any atom is 0.344 e. The van der Waals surface area contributed by atoms with E-state index in [1.165, 1.54) is 14.0 Å². The molecule has 0 aromatic heterocycles. The third-order valence-electron chi connectivity index (χ3n) is 6.01. The Kier molecular flexibility index (Phi) is 6.11. The normalized spacial score (nSPS) is 24.3. The van der Waals surface area contributed by atoms with Crippen molar-refractivity contribution >= 4 is 17.7 Å². The lowest BCUT2D eigenvalue weighted by Gasteiger charge is -2.39. The van der Waals surface area contributed by atoms with Gasteiger partial charge >= 0.3 is 5.97 Å². The van der Waals surface area contributed by atoms with Crippen molar-refractivity contribution in [3.63, 3.8) is 0 Å². The highest BCUT2D eigenvalue weighted by Crippen LogP contribution is 2.52. The number of nitrogens with zero attached hydrogens (tertiary/aromatic N) is 1. The van der Waals surface area contributed by atoms with Crippen LogP contribution in [0.2, 0.25) is 0 Å². The molecule has 1 aliphatic heterocycles. The minimum absolute atomic E-state index is 0.0959. The predicted octanol–water partition coefficient (Wildman–Crippen LogP) is 3.25. The van der Waals surface area contributed by atoms with Gasteiger partial charge in [-0.15, -0.1) is 0 Å². The molecule has 7 heteroatoms. The highest BCUT2D eigenvalue weighted by molar-refractivity contribution is 5.94. The quantitative estimate of drug-likeness (QED) is 0.500. The van der Waals surface area contributed by atoms with Gasteiger partial charge in [0, 0.05) is 18.2 Å². The fraction of sp³-hybridized carbons (Fsp3) is 0.609. The molecule has 1 aromatic carbocycles. The van der Waals surface area contributed by atoms with E-state index in [9.17, 15) is 14.4 Å². The minimum atomic E-state index is -0.630. The number of rotatable bonds is 7. The number of ketones is 1. The van der Waals surface area contributed by atoms with Crippen LogP contribution in [0.1, 0.15) is 57.3 Å². The number of likely N-dealkylation sites (tertiary alicyclic amines) is 1. The van der Waals surface area contributed by atoms with Crippen LogP contribution < -0.4 is 9.47 Å². The van der Waals surface area contributed by atoms with Crippen molar-refractivity contribution in [1.82, 2.24) is 4.90 Å². The summed E-state index contributed by atoms with van der Waals surface area (Å²) >= 11 is 0. The maximum absolute atomic E-state index is 12.7. The molecule has 3 rings (SSSR count). The molecule has 164 valence electrons. The highest BCUT2D eigenvalue weighted by Gasteiger charge is 2.50. The highest BCUT2D eigenvalue weighted by atomic mass is 16.6. The molecule has 1 aliphatic carbocycles. The van der Waals surface area contributed by atoms with Crippen LogP contribution in [0.4, 0.5) is 0 Å². The van der Waals surface area contributed by atoms with Crippen molar-refractivity contribution in [1.29, 1.82) is 0 Å². The Labute approximate surface area is 177 Å². The van der Waals surface area contributed by atoms with Gasteiger partial charge in [0.25, 0.3) is 5.91 Å². The van der Waals surface area contributed by atoms with Crippen molar-refractivity contribution < 1.29 is 28.6 Å². The van der Waals surface area contributed by atoms with Gasteiger partial charge in [0.15, 0.2) is 30.5 Å². The lowest BCUT2D eigenvalue weighted by molar-refractivity contribution is -0.154. The number of Topliss-reactive ketones (excluding diaryl/α,β-unsaturated/α-hetero) is 1. The van der Waals surface area contributed by atoms with Gasteiger partial charge in [0.05, 0.1) is 7.11 Å². The summed E-state index contributed by atoms with van der Waals surface area (Å²) < 4.78 is 15.8. The molecule has 0 spiro atoms. The standard InChI is InChI=1S/C23H31NO6/c1-15(25)16-6-7-18(19(8-16)28-5)29-12-21(27)30-11-20(26)24-14-23(4)10-17(24)9-22(2,3)13-23/h6-8,17H,9-14H2,1-5H3. The molecule has 2 atom stereocenters. The zero-order valence-corrected chi connectivity index (χ0v) is 18.4. The number of fused-ring (bicyclic) bond motifs is 2. The van der Waals surface area contributed by atoms with Crippen molar-refractivity contribution in [2.75, 3.05) is 26.9 Å². The van der Waals surface area contributed by atoms with Gasteiger partial charge in [0.1, 0.15) is 0 Å². The number of carbonyl (C=O) groups excluding carboxylic acids is 3. The molecule has 7 nitrogen and oxygen atoms in total. The summed E-state index contributed by atoms with van der Waals surface area (Å²) in [6, 6.07) is 4.94. The molecule has 1 saturated carbocycles. The number of ether oxygens (including phenoxy) is 3. The average molecular weight is 418 g/mol. The molecule has 1 heterocycles. The molecule has 2 unspecified atom stereocenters. The predicted molar refractivity (Wildman–Crippen MR) is 111 cm³/mol. The summed E-state index contributed by atoms with van der Waals surface area (Å²) in [5.74, 6) is -0.199. The van der Waals surface area contributed by atoms with Crippen molar-refractivity contribution in [3.05, 3.63) is 23.8 Å². The van der Waals surface area contributed by atoms with E-state index in [2.05, 4.69) is 20.8 Å². The Morgan fingerprint density at radius 1 is 1.10 bits per heavy atom. The Morgan fingerprint density at radius 3 is 2.50 bits per heavy atom. The molecule has 2 bridgehead atoms. The molecule has 1 aromatic rings. The van der Waals surface area contributed by atoms with E-state index in [1.54, 1.807) is 18.2 Å². The van der Waals surface area contributed by atoms with Gasteiger partial charge in [0.2, 0.25) is 0 Å². The Hall–Kier alpha value is -2.57.